The molecule has 0 amide bonds. The summed E-state index contributed by atoms with van der Waals surface area (Å²) in [5, 5.41) is 3.57. The second kappa shape index (κ2) is 6.37. The maximum absolute atomic E-state index is 12.4. The summed E-state index contributed by atoms with van der Waals surface area (Å²) >= 11 is 5.95. The predicted octanol–water partition coefficient (Wildman–Crippen LogP) is 3.88. The Morgan fingerprint density at radius 3 is 2.33 bits per heavy atom. The number of benzene rings is 2. The summed E-state index contributed by atoms with van der Waals surface area (Å²) in [4.78, 5) is 0.218. The number of halogens is 1. The molecule has 0 heterocycles. The van der Waals surface area contributed by atoms with Crippen LogP contribution in [0.25, 0.3) is 0 Å². The van der Waals surface area contributed by atoms with Gasteiger partial charge in [-0.3, -0.25) is 4.72 Å². The second-order valence-electron chi connectivity index (χ2n) is 4.64. The van der Waals surface area contributed by atoms with Gasteiger partial charge in [0.15, 0.2) is 0 Å². The molecule has 2 aromatic carbocycles. The van der Waals surface area contributed by atoms with Crippen LogP contribution in [-0.2, 0) is 10.0 Å². The lowest BCUT2D eigenvalue weighted by atomic mass is 10.2. The van der Waals surface area contributed by atoms with E-state index in [-0.39, 0.29) is 4.90 Å². The van der Waals surface area contributed by atoms with E-state index in [1.165, 1.54) is 0 Å². The number of rotatable bonds is 5. The summed E-state index contributed by atoms with van der Waals surface area (Å²) in [6.07, 6.45) is 0. The molecule has 112 valence electrons. The highest BCUT2D eigenvalue weighted by molar-refractivity contribution is 7.92. The molecule has 2 aromatic rings. The van der Waals surface area contributed by atoms with Gasteiger partial charge in [0.25, 0.3) is 10.0 Å². The highest BCUT2D eigenvalue weighted by atomic mass is 35.5. The summed E-state index contributed by atoms with van der Waals surface area (Å²) in [5.41, 5.74) is 2.13. The zero-order valence-electron chi connectivity index (χ0n) is 11.9. The first kappa shape index (κ1) is 15.7. The van der Waals surface area contributed by atoms with Crippen LogP contribution in [0.5, 0.6) is 0 Å². The van der Waals surface area contributed by atoms with E-state index < -0.39 is 10.0 Å². The number of nitrogens with one attached hydrogen (secondary N) is 2. The Bertz CT molecular complexity index is 728. The third-order valence-electron chi connectivity index (χ3n) is 2.92. The van der Waals surface area contributed by atoms with Gasteiger partial charge in [-0.25, -0.2) is 8.42 Å². The quantitative estimate of drug-likeness (QED) is 0.877. The van der Waals surface area contributed by atoms with Gasteiger partial charge in [-0.05, 0) is 44.2 Å². The highest BCUT2D eigenvalue weighted by Crippen LogP contribution is 2.28. The van der Waals surface area contributed by atoms with E-state index in [1.807, 2.05) is 13.8 Å². The van der Waals surface area contributed by atoms with Gasteiger partial charge in [-0.15, -0.1) is 0 Å². The van der Waals surface area contributed by atoms with Crippen LogP contribution in [0.1, 0.15) is 12.5 Å². The van der Waals surface area contributed by atoms with Crippen LogP contribution >= 0.6 is 11.6 Å². The Balaban J connectivity index is 2.36. The summed E-state index contributed by atoms with van der Waals surface area (Å²) < 4.78 is 27.4. The van der Waals surface area contributed by atoms with E-state index in [0.717, 1.165) is 5.56 Å². The summed E-state index contributed by atoms with van der Waals surface area (Å²) in [7, 11) is -3.64. The van der Waals surface area contributed by atoms with Crippen molar-refractivity contribution in [2.75, 3.05) is 16.6 Å². The van der Waals surface area contributed by atoms with Crippen LogP contribution in [0, 0.1) is 6.92 Å². The van der Waals surface area contributed by atoms with Crippen molar-refractivity contribution in [3.8, 4) is 0 Å². The van der Waals surface area contributed by atoms with Crippen molar-refractivity contribution in [3.05, 3.63) is 53.1 Å². The van der Waals surface area contributed by atoms with Crippen LogP contribution in [0.3, 0.4) is 0 Å². The van der Waals surface area contributed by atoms with Crippen LogP contribution in [0.4, 0.5) is 11.4 Å². The van der Waals surface area contributed by atoms with Crippen molar-refractivity contribution >= 4 is 33.0 Å². The zero-order chi connectivity index (χ0) is 15.5. The monoisotopic (exact) mass is 324 g/mol. The number of anilines is 2. The van der Waals surface area contributed by atoms with Crippen molar-refractivity contribution < 1.29 is 8.42 Å². The van der Waals surface area contributed by atoms with Gasteiger partial charge in [-0.2, -0.15) is 0 Å². The molecule has 2 rings (SSSR count). The van der Waals surface area contributed by atoms with E-state index in [0.29, 0.717) is 22.9 Å². The predicted molar refractivity (Wildman–Crippen MR) is 87.6 cm³/mol. The molecule has 0 spiro atoms. The van der Waals surface area contributed by atoms with E-state index in [9.17, 15) is 8.42 Å². The molecule has 0 bridgehead atoms. The fraction of sp³-hybridized carbons (Fsp3) is 0.200. The number of aryl methyl sites for hydroxylation is 1. The van der Waals surface area contributed by atoms with Gasteiger partial charge < -0.3 is 5.32 Å². The fourth-order valence-electron chi connectivity index (χ4n) is 1.87. The van der Waals surface area contributed by atoms with Gasteiger partial charge in [0.2, 0.25) is 0 Å². The lowest BCUT2D eigenvalue weighted by Gasteiger charge is -2.14. The first-order valence-corrected chi connectivity index (χ1v) is 8.41. The molecule has 0 aromatic heterocycles. The third kappa shape index (κ3) is 3.89. The largest absolute Gasteiger partial charge is 0.384 e. The standard InChI is InChI=1S/C15H17ClN2O2S/c1-3-17-14-9-6-12(16)10-15(14)18-21(19,20)13-7-4-11(2)5-8-13/h4-10,17-18H,3H2,1-2H3. The molecular weight excluding hydrogens is 308 g/mol. The summed E-state index contributed by atoms with van der Waals surface area (Å²) in [6, 6.07) is 11.7. The molecule has 0 aliphatic heterocycles. The molecule has 4 nitrogen and oxygen atoms in total. The Hall–Kier alpha value is -1.72. The van der Waals surface area contributed by atoms with Gasteiger partial charge in [0, 0.05) is 11.6 Å². The molecule has 0 saturated carbocycles. The average Bonchev–Trinajstić information content (AvgIpc) is 2.42. The van der Waals surface area contributed by atoms with Crippen molar-refractivity contribution in [2.24, 2.45) is 0 Å². The molecule has 0 fully saturated rings. The molecule has 0 atom stereocenters. The molecule has 0 aliphatic carbocycles. The Kier molecular flexibility index (Phi) is 4.75. The SMILES string of the molecule is CCNc1ccc(Cl)cc1NS(=O)(=O)c1ccc(C)cc1. The van der Waals surface area contributed by atoms with Crippen LogP contribution in [0.2, 0.25) is 5.02 Å². The minimum atomic E-state index is -3.64. The molecule has 6 heteroatoms. The Morgan fingerprint density at radius 1 is 1.05 bits per heavy atom. The number of sulfonamides is 1. The molecular formula is C15H17ClN2O2S. The van der Waals surface area contributed by atoms with Crippen molar-refractivity contribution in [3.63, 3.8) is 0 Å². The average molecular weight is 325 g/mol. The second-order valence-corrected chi connectivity index (χ2v) is 6.76. The maximum atomic E-state index is 12.4. The lowest BCUT2D eigenvalue weighted by molar-refractivity contribution is 0.601. The topological polar surface area (TPSA) is 58.2 Å². The Morgan fingerprint density at radius 2 is 1.71 bits per heavy atom. The van der Waals surface area contributed by atoms with E-state index >= 15 is 0 Å². The van der Waals surface area contributed by atoms with Crippen LogP contribution in [-0.4, -0.2) is 15.0 Å². The maximum Gasteiger partial charge on any atom is 0.261 e. The molecule has 0 aliphatic rings. The zero-order valence-corrected chi connectivity index (χ0v) is 13.4. The molecule has 0 radical (unpaired) electrons. The van der Waals surface area contributed by atoms with Crippen LogP contribution in [0.15, 0.2) is 47.4 Å². The normalized spacial score (nSPS) is 11.2. The Labute approximate surface area is 130 Å². The highest BCUT2D eigenvalue weighted by Gasteiger charge is 2.16. The molecule has 21 heavy (non-hydrogen) atoms. The number of hydrogen-bond donors (Lipinski definition) is 2. The van der Waals surface area contributed by atoms with Crippen molar-refractivity contribution in [1.82, 2.24) is 0 Å². The molecule has 2 N–H and O–H groups in total. The van der Waals surface area contributed by atoms with E-state index in [2.05, 4.69) is 10.0 Å². The molecule has 0 saturated heterocycles. The first-order valence-electron chi connectivity index (χ1n) is 6.55. The lowest BCUT2D eigenvalue weighted by Crippen LogP contribution is -2.14. The third-order valence-corrected chi connectivity index (χ3v) is 4.54. The summed E-state index contributed by atoms with van der Waals surface area (Å²) in [5.74, 6) is 0. The molecule has 0 unspecified atom stereocenters. The van der Waals surface area contributed by atoms with E-state index in [4.69, 9.17) is 11.6 Å². The van der Waals surface area contributed by atoms with Crippen LogP contribution < -0.4 is 10.0 Å². The minimum absolute atomic E-state index is 0.218. The van der Waals surface area contributed by atoms with Crippen molar-refractivity contribution in [2.45, 2.75) is 18.7 Å². The summed E-state index contributed by atoms with van der Waals surface area (Å²) in [6.45, 7) is 4.53. The first-order chi connectivity index (χ1) is 9.92. The minimum Gasteiger partial charge on any atom is -0.384 e. The van der Waals surface area contributed by atoms with Crippen molar-refractivity contribution in [1.29, 1.82) is 0 Å². The van der Waals surface area contributed by atoms with Gasteiger partial charge in [0.05, 0.1) is 16.3 Å². The van der Waals surface area contributed by atoms with E-state index in [1.54, 1.807) is 42.5 Å². The van der Waals surface area contributed by atoms with Gasteiger partial charge >= 0.3 is 0 Å². The fourth-order valence-corrected chi connectivity index (χ4v) is 3.11. The smallest absolute Gasteiger partial charge is 0.261 e. The number of hydrogen-bond acceptors (Lipinski definition) is 3. The van der Waals surface area contributed by atoms with Gasteiger partial charge in [0.1, 0.15) is 0 Å². The van der Waals surface area contributed by atoms with Gasteiger partial charge in [-0.1, -0.05) is 29.3 Å².